The van der Waals surface area contributed by atoms with E-state index in [1.165, 1.54) is 27.2 Å². The van der Waals surface area contributed by atoms with Crippen molar-refractivity contribution in [1.82, 2.24) is 0 Å². The summed E-state index contributed by atoms with van der Waals surface area (Å²) in [5.74, 6) is 1.05. The Bertz CT molecular complexity index is 430. The largest absolute Gasteiger partial charge is 0.466 e. The molecule has 6 heteroatoms. The molecule has 0 radical (unpaired) electrons. The Balaban J connectivity index is 2.36. The average Bonchev–Trinajstić information content (AvgIpc) is 2.59. The predicted molar refractivity (Wildman–Crippen MR) is 102 cm³/mol. The minimum atomic E-state index is -0.220. The highest BCUT2D eigenvalue weighted by molar-refractivity contribution is 5.66. The molecular weight excluding hydrogens is 348 g/mol. The lowest BCUT2D eigenvalue weighted by Crippen LogP contribution is -2.27. The van der Waals surface area contributed by atoms with Crippen molar-refractivity contribution in [2.24, 2.45) is 17.8 Å². The quantitative estimate of drug-likeness (QED) is 0.287. The molecular formula is C21H36O6. The third kappa shape index (κ3) is 12.4. The van der Waals surface area contributed by atoms with Crippen molar-refractivity contribution in [1.29, 1.82) is 0 Å². The van der Waals surface area contributed by atoms with Crippen LogP contribution in [0.4, 0.5) is 0 Å². The highest BCUT2D eigenvalue weighted by Crippen LogP contribution is 2.38. The lowest BCUT2D eigenvalue weighted by Gasteiger charge is -2.35. The van der Waals surface area contributed by atoms with E-state index in [2.05, 4.69) is 0 Å². The van der Waals surface area contributed by atoms with Gasteiger partial charge in [-0.25, -0.2) is 0 Å². The van der Waals surface area contributed by atoms with Gasteiger partial charge in [0.25, 0.3) is 0 Å². The van der Waals surface area contributed by atoms with Crippen molar-refractivity contribution < 1.29 is 28.6 Å². The number of ether oxygens (including phenoxy) is 3. The first kappa shape index (κ1) is 23.4. The second-order valence-corrected chi connectivity index (χ2v) is 7.78. The standard InChI is InChI=1S/C21H36O6/c1-16(22)25-10-6-4-8-19-12-20(9-5-7-11-26-17(2)23)14-21(13-19)15-27-18(3)24/h19-21H,4-15H2,1-3H3/t19-,20+,21?. The fourth-order valence-corrected chi connectivity index (χ4v) is 4.05. The van der Waals surface area contributed by atoms with Crippen LogP contribution in [0.25, 0.3) is 0 Å². The van der Waals surface area contributed by atoms with Gasteiger partial charge in [-0.05, 0) is 62.7 Å². The van der Waals surface area contributed by atoms with Gasteiger partial charge >= 0.3 is 17.9 Å². The van der Waals surface area contributed by atoms with E-state index in [1.54, 1.807) is 0 Å². The summed E-state index contributed by atoms with van der Waals surface area (Å²) >= 11 is 0. The number of hydrogen-bond acceptors (Lipinski definition) is 6. The van der Waals surface area contributed by atoms with Crippen molar-refractivity contribution in [2.75, 3.05) is 19.8 Å². The molecule has 3 atom stereocenters. The van der Waals surface area contributed by atoms with Crippen molar-refractivity contribution >= 4 is 17.9 Å². The fraction of sp³-hybridized carbons (Fsp3) is 0.857. The molecule has 0 aliphatic heterocycles. The zero-order valence-corrected chi connectivity index (χ0v) is 17.2. The Kier molecular flexibility index (Phi) is 11.8. The van der Waals surface area contributed by atoms with E-state index in [-0.39, 0.29) is 17.9 Å². The topological polar surface area (TPSA) is 78.9 Å². The Morgan fingerprint density at radius 2 is 1.04 bits per heavy atom. The number of unbranched alkanes of at least 4 members (excludes halogenated alkanes) is 2. The summed E-state index contributed by atoms with van der Waals surface area (Å²) in [6, 6.07) is 0. The summed E-state index contributed by atoms with van der Waals surface area (Å²) < 4.78 is 15.3. The van der Waals surface area contributed by atoms with Gasteiger partial charge in [-0.3, -0.25) is 14.4 Å². The first-order chi connectivity index (χ1) is 12.9. The van der Waals surface area contributed by atoms with Gasteiger partial charge in [-0.2, -0.15) is 0 Å². The smallest absolute Gasteiger partial charge is 0.302 e. The van der Waals surface area contributed by atoms with Crippen LogP contribution >= 0.6 is 0 Å². The van der Waals surface area contributed by atoms with Gasteiger partial charge in [-0.1, -0.05) is 12.8 Å². The van der Waals surface area contributed by atoms with Gasteiger partial charge in [-0.15, -0.1) is 0 Å². The van der Waals surface area contributed by atoms with Gasteiger partial charge in [0.2, 0.25) is 0 Å². The number of rotatable bonds is 12. The summed E-state index contributed by atoms with van der Waals surface area (Å²) in [4.78, 5) is 32.8. The van der Waals surface area contributed by atoms with E-state index in [0.717, 1.165) is 51.4 Å². The number of carbonyl (C=O) groups excluding carboxylic acids is 3. The maximum Gasteiger partial charge on any atom is 0.302 e. The zero-order chi connectivity index (χ0) is 20.1. The van der Waals surface area contributed by atoms with Crippen molar-refractivity contribution in [3.63, 3.8) is 0 Å². The van der Waals surface area contributed by atoms with Crippen LogP contribution in [-0.4, -0.2) is 37.7 Å². The molecule has 1 unspecified atom stereocenters. The minimum Gasteiger partial charge on any atom is -0.466 e. The lowest BCUT2D eigenvalue weighted by atomic mass is 9.72. The van der Waals surface area contributed by atoms with Crippen LogP contribution in [-0.2, 0) is 28.6 Å². The van der Waals surface area contributed by atoms with E-state index in [1.807, 2.05) is 0 Å². The highest BCUT2D eigenvalue weighted by Gasteiger charge is 2.29. The second-order valence-electron chi connectivity index (χ2n) is 7.78. The first-order valence-electron chi connectivity index (χ1n) is 10.3. The van der Waals surface area contributed by atoms with E-state index < -0.39 is 0 Å². The third-order valence-corrected chi connectivity index (χ3v) is 5.15. The van der Waals surface area contributed by atoms with Gasteiger partial charge in [0, 0.05) is 20.8 Å². The fourth-order valence-electron chi connectivity index (χ4n) is 4.05. The molecule has 0 spiro atoms. The highest BCUT2D eigenvalue weighted by atomic mass is 16.5. The van der Waals surface area contributed by atoms with Gasteiger partial charge in [0.05, 0.1) is 19.8 Å². The molecule has 0 aromatic carbocycles. The molecule has 0 aromatic rings. The zero-order valence-electron chi connectivity index (χ0n) is 17.2. The molecule has 1 fully saturated rings. The maximum absolute atomic E-state index is 11.1. The Hall–Kier alpha value is -1.59. The van der Waals surface area contributed by atoms with Crippen LogP contribution in [0.3, 0.4) is 0 Å². The molecule has 0 bridgehead atoms. The Morgan fingerprint density at radius 3 is 1.44 bits per heavy atom. The molecule has 1 aliphatic rings. The van der Waals surface area contributed by atoms with E-state index in [0.29, 0.717) is 37.6 Å². The molecule has 1 aliphatic carbocycles. The molecule has 27 heavy (non-hydrogen) atoms. The van der Waals surface area contributed by atoms with Crippen LogP contribution in [0.5, 0.6) is 0 Å². The third-order valence-electron chi connectivity index (χ3n) is 5.15. The Morgan fingerprint density at radius 1 is 0.630 bits per heavy atom. The summed E-state index contributed by atoms with van der Waals surface area (Å²) in [5.41, 5.74) is 0. The molecule has 156 valence electrons. The van der Waals surface area contributed by atoms with Crippen LogP contribution in [0.15, 0.2) is 0 Å². The molecule has 0 aromatic heterocycles. The van der Waals surface area contributed by atoms with Crippen LogP contribution in [0.1, 0.15) is 78.6 Å². The summed E-state index contributed by atoms with van der Waals surface area (Å²) in [7, 11) is 0. The predicted octanol–water partition coefficient (Wildman–Crippen LogP) is 4.05. The molecule has 0 N–H and O–H groups in total. The van der Waals surface area contributed by atoms with Crippen molar-refractivity contribution in [3.8, 4) is 0 Å². The van der Waals surface area contributed by atoms with E-state index in [4.69, 9.17) is 14.2 Å². The summed E-state index contributed by atoms with van der Waals surface area (Å²) in [5, 5.41) is 0. The number of hydrogen-bond donors (Lipinski definition) is 0. The molecule has 1 rings (SSSR count). The molecule has 1 saturated carbocycles. The molecule has 0 saturated heterocycles. The van der Waals surface area contributed by atoms with Gasteiger partial charge in [0.1, 0.15) is 0 Å². The maximum atomic E-state index is 11.1. The van der Waals surface area contributed by atoms with Crippen molar-refractivity contribution in [2.45, 2.75) is 78.6 Å². The van der Waals surface area contributed by atoms with Crippen LogP contribution in [0, 0.1) is 17.8 Å². The van der Waals surface area contributed by atoms with Crippen LogP contribution in [0.2, 0.25) is 0 Å². The summed E-state index contributed by atoms with van der Waals surface area (Å²) in [6.07, 6.45) is 9.57. The first-order valence-corrected chi connectivity index (χ1v) is 10.3. The SMILES string of the molecule is CC(=O)OCCCC[C@@H]1CC(COC(C)=O)C[C@H](CCCCOC(C)=O)C1. The monoisotopic (exact) mass is 384 g/mol. The summed E-state index contributed by atoms with van der Waals surface area (Å²) in [6.45, 7) is 5.85. The van der Waals surface area contributed by atoms with Crippen LogP contribution < -0.4 is 0 Å². The molecule has 6 nitrogen and oxygen atoms in total. The number of esters is 3. The Labute approximate surface area is 163 Å². The lowest BCUT2D eigenvalue weighted by molar-refractivity contribution is -0.143. The van der Waals surface area contributed by atoms with Gasteiger partial charge in [0.15, 0.2) is 0 Å². The van der Waals surface area contributed by atoms with E-state index in [9.17, 15) is 14.4 Å². The van der Waals surface area contributed by atoms with E-state index >= 15 is 0 Å². The molecule has 0 amide bonds. The minimum absolute atomic E-state index is 0.212. The molecule has 0 heterocycles. The number of carbonyl (C=O) groups is 3. The average molecular weight is 385 g/mol. The van der Waals surface area contributed by atoms with Gasteiger partial charge < -0.3 is 14.2 Å². The normalized spacial score (nSPS) is 22.1. The second kappa shape index (κ2) is 13.6. The van der Waals surface area contributed by atoms with Crippen molar-refractivity contribution in [3.05, 3.63) is 0 Å².